The highest BCUT2D eigenvalue weighted by atomic mass is 79.9. The Morgan fingerprint density at radius 2 is 2.27 bits per heavy atom. The zero-order chi connectivity index (χ0) is 10.8. The maximum Gasteiger partial charge on any atom is 0.116 e. The van der Waals surface area contributed by atoms with Gasteiger partial charge < -0.3 is 5.11 Å². The van der Waals surface area contributed by atoms with Crippen LogP contribution in [0.3, 0.4) is 0 Å². The molecule has 0 aliphatic rings. The summed E-state index contributed by atoms with van der Waals surface area (Å²) in [6.07, 6.45) is 1.77. The molecule has 1 aromatic carbocycles. The van der Waals surface area contributed by atoms with E-state index >= 15 is 0 Å². The van der Waals surface area contributed by atoms with Crippen LogP contribution in [0.1, 0.15) is 6.92 Å². The highest BCUT2D eigenvalue weighted by molar-refractivity contribution is 9.10. The lowest BCUT2D eigenvalue weighted by Crippen LogP contribution is -1.98. The summed E-state index contributed by atoms with van der Waals surface area (Å²) in [4.78, 5) is 0. The fraction of sp³-hybridized carbons (Fsp3) is 0.182. The minimum atomic E-state index is 0.267. The van der Waals surface area contributed by atoms with Crippen molar-refractivity contribution < 1.29 is 5.11 Å². The van der Waals surface area contributed by atoms with Crippen LogP contribution in [-0.4, -0.2) is 14.9 Å². The van der Waals surface area contributed by atoms with Gasteiger partial charge >= 0.3 is 0 Å². The average Bonchev–Trinajstić information content (AvgIpc) is 2.59. The van der Waals surface area contributed by atoms with Crippen LogP contribution in [0.5, 0.6) is 5.75 Å². The third-order valence-corrected chi connectivity index (χ3v) is 2.79. The van der Waals surface area contributed by atoms with Gasteiger partial charge in [0.05, 0.1) is 16.4 Å². The number of aromatic hydroxyl groups is 1. The minimum absolute atomic E-state index is 0.267. The van der Waals surface area contributed by atoms with Crippen LogP contribution in [-0.2, 0) is 6.54 Å². The Labute approximate surface area is 96.5 Å². The van der Waals surface area contributed by atoms with Gasteiger partial charge in [-0.3, -0.25) is 4.68 Å². The number of aromatic nitrogens is 2. The molecule has 3 nitrogen and oxygen atoms in total. The molecule has 78 valence electrons. The third-order valence-electron chi connectivity index (χ3n) is 2.21. The number of phenols is 1. The molecule has 1 heterocycles. The van der Waals surface area contributed by atoms with Crippen molar-refractivity contribution in [2.24, 2.45) is 0 Å². The van der Waals surface area contributed by atoms with Crippen LogP contribution in [0.15, 0.2) is 34.9 Å². The molecule has 1 aromatic heterocycles. The number of nitrogens with zero attached hydrogens (tertiary/aromatic N) is 2. The molecular formula is C11H11BrN2O. The van der Waals surface area contributed by atoms with E-state index in [-0.39, 0.29) is 5.75 Å². The van der Waals surface area contributed by atoms with Gasteiger partial charge in [0.2, 0.25) is 0 Å². The molecular weight excluding hydrogens is 256 g/mol. The van der Waals surface area contributed by atoms with E-state index in [4.69, 9.17) is 0 Å². The summed E-state index contributed by atoms with van der Waals surface area (Å²) in [7, 11) is 0. The predicted octanol–water partition coefficient (Wildman–Crippen LogP) is 3.04. The number of rotatable bonds is 2. The number of halogens is 1. The Bertz CT molecular complexity index is 479. The van der Waals surface area contributed by atoms with Crippen molar-refractivity contribution in [3.8, 4) is 17.0 Å². The summed E-state index contributed by atoms with van der Waals surface area (Å²) in [5, 5.41) is 13.6. The first-order chi connectivity index (χ1) is 7.22. The fourth-order valence-corrected chi connectivity index (χ4v) is 2.07. The normalized spacial score (nSPS) is 10.5. The van der Waals surface area contributed by atoms with Crippen molar-refractivity contribution in [1.29, 1.82) is 0 Å². The lowest BCUT2D eigenvalue weighted by molar-refractivity contribution is 0.475. The lowest BCUT2D eigenvalue weighted by atomic mass is 10.1. The lowest BCUT2D eigenvalue weighted by Gasteiger charge is -2.05. The predicted molar refractivity (Wildman–Crippen MR) is 62.7 cm³/mol. The second kappa shape index (κ2) is 4.06. The Hall–Kier alpha value is -1.29. The van der Waals surface area contributed by atoms with Crippen LogP contribution in [0.2, 0.25) is 0 Å². The number of phenolic OH excluding ortho intramolecular Hbond substituents is 1. The van der Waals surface area contributed by atoms with Crippen LogP contribution >= 0.6 is 15.9 Å². The van der Waals surface area contributed by atoms with Gasteiger partial charge in [0.25, 0.3) is 0 Å². The van der Waals surface area contributed by atoms with Gasteiger partial charge in [0.1, 0.15) is 5.75 Å². The molecule has 2 aromatic rings. The highest BCUT2D eigenvalue weighted by Gasteiger charge is 2.09. The van der Waals surface area contributed by atoms with Gasteiger partial charge in [-0.1, -0.05) is 12.1 Å². The van der Waals surface area contributed by atoms with Crippen molar-refractivity contribution in [2.45, 2.75) is 13.5 Å². The Morgan fingerprint density at radius 3 is 2.93 bits per heavy atom. The van der Waals surface area contributed by atoms with E-state index in [1.54, 1.807) is 18.3 Å². The van der Waals surface area contributed by atoms with Gasteiger partial charge in [-0.05, 0) is 35.0 Å². The fourth-order valence-electron chi connectivity index (χ4n) is 1.54. The van der Waals surface area contributed by atoms with E-state index in [1.165, 1.54) is 0 Å². The molecule has 0 aliphatic heterocycles. The average molecular weight is 267 g/mol. The van der Waals surface area contributed by atoms with Crippen molar-refractivity contribution >= 4 is 15.9 Å². The molecule has 1 N–H and O–H groups in total. The molecule has 2 rings (SSSR count). The van der Waals surface area contributed by atoms with Crippen molar-refractivity contribution in [3.05, 3.63) is 34.9 Å². The summed E-state index contributed by atoms with van der Waals surface area (Å²) < 4.78 is 2.83. The Morgan fingerprint density at radius 1 is 1.47 bits per heavy atom. The minimum Gasteiger partial charge on any atom is -0.508 e. The highest BCUT2D eigenvalue weighted by Crippen LogP contribution is 2.29. The summed E-state index contributed by atoms with van der Waals surface area (Å²) in [5.74, 6) is 0.267. The molecule has 0 fully saturated rings. The van der Waals surface area contributed by atoms with E-state index < -0.39 is 0 Å². The monoisotopic (exact) mass is 266 g/mol. The maximum atomic E-state index is 9.42. The first-order valence-corrected chi connectivity index (χ1v) is 5.52. The van der Waals surface area contributed by atoms with Crippen LogP contribution in [0, 0.1) is 0 Å². The zero-order valence-electron chi connectivity index (χ0n) is 8.31. The maximum absolute atomic E-state index is 9.42. The molecule has 0 saturated carbocycles. The molecule has 0 aliphatic carbocycles. The van der Waals surface area contributed by atoms with Crippen LogP contribution in [0.25, 0.3) is 11.3 Å². The van der Waals surface area contributed by atoms with Gasteiger partial charge in [-0.25, -0.2) is 0 Å². The van der Waals surface area contributed by atoms with Gasteiger partial charge in [-0.2, -0.15) is 5.10 Å². The molecule has 0 saturated heterocycles. The molecule has 4 heteroatoms. The third kappa shape index (κ3) is 1.90. The van der Waals surface area contributed by atoms with Crippen LogP contribution < -0.4 is 0 Å². The number of hydrogen-bond acceptors (Lipinski definition) is 2. The molecule has 0 atom stereocenters. The SMILES string of the molecule is CCn1ncc(Br)c1-c1cccc(O)c1. The second-order valence-corrected chi connectivity index (χ2v) is 4.06. The van der Waals surface area contributed by atoms with Gasteiger partial charge in [0.15, 0.2) is 0 Å². The summed E-state index contributed by atoms with van der Waals surface area (Å²) in [5.41, 5.74) is 1.95. The molecule has 0 bridgehead atoms. The Balaban J connectivity index is 2.57. The molecule has 0 amide bonds. The van der Waals surface area contributed by atoms with Crippen molar-refractivity contribution in [1.82, 2.24) is 9.78 Å². The molecule has 0 unspecified atom stereocenters. The number of aryl methyl sites for hydroxylation is 1. The van der Waals surface area contributed by atoms with E-state index in [9.17, 15) is 5.11 Å². The zero-order valence-corrected chi connectivity index (χ0v) is 9.90. The smallest absolute Gasteiger partial charge is 0.116 e. The first-order valence-electron chi connectivity index (χ1n) is 4.73. The summed E-state index contributed by atoms with van der Waals surface area (Å²) in [6.45, 7) is 2.84. The summed E-state index contributed by atoms with van der Waals surface area (Å²) >= 11 is 3.45. The number of benzene rings is 1. The largest absolute Gasteiger partial charge is 0.508 e. The summed E-state index contributed by atoms with van der Waals surface area (Å²) in [6, 6.07) is 7.16. The van der Waals surface area contributed by atoms with E-state index in [0.717, 1.165) is 22.3 Å². The molecule has 0 spiro atoms. The van der Waals surface area contributed by atoms with Crippen molar-refractivity contribution in [3.63, 3.8) is 0 Å². The topological polar surface area (TPSA) is 38.0 Å². The first kappa shape index (κ1) is 10.2. The van der Waals surface area contributed by atoms with Crippen molar-refractivity contribution in [2.75, 3.05) is 0 Å². The Kier molecular flexibility index (Phi) is 2.77. The second-order valence-electron chi connectivity index (χ2n) is 3.21. The standard InChI is InChI=1S/C11H11BrN2O/c1-2-14-11(10(12)7-13-14)8-4-3-5-9(15)6-8/h3-7,15H,2H2,1H3. The van der Waals surface area contributed by atoms with E-state index in [0.29, 0.717) is 0 Å². The molecule has 15 heavy (non-hydrogen) atoms. The quantitative estimate of drug-likeness (QED) is 0.908. The van der Waals surface area contributed by atoms with E-state index in [1.807, 2.05) is 23.7 Å². The van der Waals surface area contributed by atoms with Crippen LogP contribution in [0.4, 0.5) is 0 Å². The number of hydrogen-bond donors (Lipinski definition) is 1. The molecule has 0 radical (unpaired) electrons. The van der Waals surface area contributed by atoms with E-state index in [2.05, 4.69) is 21.0 Å². The van der Waals surface area contributed by atoms with Gasteiger partial charge in [-0.15, -0.1) is 0 Å². The van der Waals surface area contributed by atoms with Gasteiger partial charge in [0, 0.05) is 12.1 Å².